The van der Waals surface area contributed by atoms with Crippen LogP contribution in [0.1, 0.15) is 43.4 Å². The molecule has 1 unspecified atom stereocenters. The van der Waals surface area contributed by atoms with Crippen LogP contribution in [0, 0.1) is 11.3 Å². The summed E-state index contributed by atoms with van der Waals surface area (Å²) in [6.07, 6.45) is 7.94. The van der Waals surface area contributed by atoms with E-state index in [4.69, 9.17) is 21.6 Å². The Morgan fingerprint density at radius 2 is 1.95 bits per heavy atom. The van der Waals surface area contributed by atoms with E-state index in [0.29, 0.717) is 22.2 Å². The van der Waals surface area contributed by atoms with Crippen molar-refractivity contribution in [3.63, 3.8) is 0 Å². The molecule has 2 aliphatic rings. The molecular weight excluding hydrogens is 294 g/mol. The van der Waals surface area contributed by atoms with Crippen LogP contribution in [-0.4, -0.2) is 30.3 Å². The third kappa shape index (κ3) is 3.08. The minimum Gasteiger partial charge on any atom is -0.375 e. The number of nitriles is 1. The second-order valence-electron chi connectivity index (χ2n) is 5.46. The highest BCUT2D eigenvalue weighted by Gasteiger charge is 2.25. The standard InChI is InChI=1S/C14H18ClN3OS/c15-13-12(9-16)20-14(17-13)18-7-2-5-11(6-8-18)19-10-3-1-4-10/h10-11H,1-8H2. The van der Waals surface area contributed by atoms with Gasteiger partial charge in [-0.05, 0) is 38.5 Å². The van der Waals surface area contributed by atoms with Crippen molar-refractivity contribution in [2.24, 2.45) is 0 Å². The molecule has 0 bridgehead atoms. The number of nitrogens with zero attached hydrogens (tertiary/aromatic N) is 3. The van der Waals surface area contributed by atoms with E-state index in [-0.39, 0.29) is 0 Å². The molecular formula is C14H18ClN3OS. The van der Waals surface area contributed by atoms with Crippen molar-refractivity contribution in [1.29, 1.82) is 5.26 Å². The molecule has 0 radical (unpaired) electrons. The smallest absolute Gasteiger partial charge is 0.188 e. The number of aromatic nitrogens is 1. The van der Waals surface area contributed by atoms with E-state index < -0.39 is 0 Å². The van der Waals surface area contributed by atoms with Crippen LogP contribution in [0.25, 0.3) is 0 Å². The molecule has 1 saturated carbocycles. The van der Waals surface area contributed by atoms with Crippen molar-refractivity contribution in [1.82, 2.24) is 4.98 Å². The fourth-order valence-corrected chi connectivity index (χ4v) is 3.76. The third-order valence-electron chi connectivity index (χ3n) is 4.06. The summed E-state index contributed by atoms with van der Waals surface area (Å²) in [7, 11) is 0. The number of thiazole rings is 1. The maximum absolute atomic E-state index is 8.96. The lowest BCUT2D eigenvalue weighted by molar-refractivity contribution is -0.0549. The maximum Gasteiger partial charge on any atom is 0.188 e. The summed E-state index contributed by atoms with van der Waals surface area (Å²) < 4.78 is 6.12. The van der Waals surface area contributed by atoms with Crippen molar-refractivity contribution in [2.45, 2.75) is 50.7 Å². The van der Waals surface area contributed by atoms with Gasteiger partial charge in [0.2, 0.25) is 0 Å². The Hall–Kier alpha value is -0.830. The van der Waals surface area contributed by atoms with Crippen molar-refractivity contribution in [3.05, 3.63) is 10.0 Å². The normalized spacial score (nSPS) is 24.0. The Bertz CT molecular complexity index is 509. The molecule has 1 aromatic rings. The molecule has 1 aliphatic carbocycles. The van der Waals surface area contributed by atoms with E-state index in [9.17, 15) is 0 Å². The van der Waals surface area contributed by atoms with Crippen molar-refractivity contribution in [3.8, 4) is 6.07 Å². The van der Waals surface area contributed by atoms with Crippen molar-refractivity contribution in [2.75, 3.05) is 18.0 Å². The Balaban J connectivity index is 1.59. The zero-order chi connectivity index (χ0) is 13.9. The Morgan fingerprint density at radius 3 is 2.60 bits per heavy atom. The van der Waals surface area contributed by atoms with Crippen LogP contribution in [-0.2, 0) is 4.74 Å². The number of hydrogen-bond acceptors (Lipinski definition) is 5. The van der Waals surface area contributed by atoms with Crippen LogP contribution >= 0.6 is 22.9 Å². The molecule has 0 amide bonds. The van der Waals surface area contributed by atoms with E-state index in [2.05, 4.69) is 16.0 Å². The van der Waals surface area contributed by atoms with Gasteiger partial charge in [-0.3, -0.25) is 0 Å². The predicted molar refractivity (Wildman–Crippen MR) is 80.4 cm³/mol. The van der Waals surface area contributed by atoms with Crippen LogP contribution in [0.4, 0.5) is 5.13 Å². The van der Waals surface area contributed by atoms with Crippen LogP contribution in [0.2, 0.25) is 5.15 Å². The summed E-state index contributed by atoms with van der Waals surface area (Å²) in [5.41, 5.74) is 0. The molecule has 108 valence electrons. The van der Waals surface area contributed by atoms with Gasteiger partial charge in [-0.2, -0.15) is 5.26 Å². The SMILES string of the molecule is N#Cc1sc(N2CCCC(OC3CCC3)CC2)nc1Cl. The van der Waals surface area contributed by atoms with E-state index in [0.717, 1.165) is 37.5 Å². The maximum atomic E-state index is 8.96. The lowest BCUT2D eigenvalue weighted by Gasteiger charge is -2.30. The fourth-order valence-electron chi connectivity index (χ4n) is 2.67. The number of rotatable bonds is 3. The number of ether oxygens (including phenoxy) is 1. The first-order chi connectivity index (χ1) is 9.76. The summed E-state index contributed by atoms with van der Waals surface area (Å²) in [6, 6.07) is 2.09. The lowest BCUT2D eigenvalue weighted by atomic mass is 9.95. The summed E-state index contributed by atoms with van der Waals surface area (Å²) in [5, 5.41) is 10.2. The van der Waals surface area contributed by atoms with Crippen LogP contribution in [0.3, 0.4) is 0 Å². The molecule has 0 aromatic carbocycles. The van der Waals surface area contributed by atoms with Gasteiger partial charge >= 0.3 is 0 Å². The summed E-state index contributed by atoms with van der Waals surface area (Å²) in [5.74, 6) is 0. The molecule has 6 heteroatoms. The van der Waals surface area contributed by atoms with E-state index in [1.807, 2.05) is 0 Å². The average Bonchev–Trinajstić information content (AvgIpc) is 2.63. The van der Waals surface area contributed by atoms with Gasteiger partial charge in [0.15, 0.2) is 10.3 Å². The van der Waals surface area contributed by atoms with E-state index in [1.54, 1.807) is 0 Å². The molecule has 1 saturated heterocycles. The van der Waals surface area contributed by atoms with Crippen molar-refractivity contribution >= 4 is 28.1 Å². The van der Waals surface area contributed by atoms with Crippen LogP contribution < -0.4 is 4.90 Å². The number of hydrogen-bond donors (Lipinski definition) is 0. The third-order valence-corrected chi connectivity index (χ3v) is 5.47. The molecule has 0 N–H and O–H groups in total. The van der Waals surface area contributed by atoms with Gasteiger partial charge in [0.1, 0.15) is 10.9 Å². The highest BCUT2D eigenvalue weighted by Crippen LogP contribution is 2.31. The Labute approximate surface area is 128 Å². The van der Waals surface area contributed by atoms with E-state index >= 15 is 0 Å². The first kappa shape index (κ1) is 14.1. The first-order valence-electron chi connectivity index (χ1n) is 7.23. The number of halogens is 1. The molecule has 1 atom stereocenters. The minimum atomic E-state index is 0.332. The minimum absolute atomic E-state index is 0.332. The largest absolute Gasteiger partial charge is 0.375 e. The molecule has 20 heavy (non-hydrogen) atoms. The average molecular weight is 312 g/mol. The molecule has 4 nitrogen and oxygen atoms in total. The van der Waals surface area contributed by atoms with E-state index in [1.165, 1.54) is 30.6 Å². The fraction of sp³-hybridized carbons (Fsp3) is 0.714. The van der Waals surface area contributed by atoms with Gasteiger partial charge in [0, 0.05) is 13.1 Å². The summed E-state index contributed by atoms with van der Waals surface area (Å²) in [6.45, 7) is 1.91. The van der Waals surface area contributed by atoms with Gasteiger partial charge in [0.25, 0.3) is 0 Å². The molecule has 2 heterocycles. The topological polar surface area (TPSA) is 49.2 Å². The molecule has 2 fully saturated rings. The Kier molecular flexibility index (Phi) is 4.45. The lowest BCUT2D eigenvalue weighted by Crippen LogP contribution is -2.29. The molecule has 1 aromatic heterocycles. The molecule has 3 rings (SSSR count). The highest BCUT2D eigenvalue weighted by molar-refractivity contribution is 7.16. The zero-order valence-corrected chi connectivity index (χ0v) is 12.9. The van der Waals surface area contributed by atoms with Gasteiger partial charge in [-0.15, -0.1) is 0 Å². The van der Waals surface area contributed by atoms with Crippen LogP contribution in [0.5, 0.6) is 0 Å². The summed E-state index contributed by atoms with van der Waals surface area (Å²) in [4.78, 5) is 7.05. The second kappa shape index (κ2) is 6.30. The first-order valence-corrected chi connectivity index (χ1v) is 8.42. The monoisotopic (exact) mass is 311 g/mol. The summed E-state index contributed by atoms with van der Waals surface area (Å²) >= 11 is 7.34. The Morgan fingerprint density at radius 1 is 1.20 bits per heavy atom. The quantitative estimate of drug-likeness (QED) is 0.856. The van der Waals surface area contributed by atoms with Gasteiger partial charge in [0.05, 0.1) is 12.2 Å². The van der Waals surface area contributed by atoms with Crippen LogP contribution in [0.15, 0.2) is 0 Å². The molecule has 1 aliphatic heterocycles. The predicted octanol–water partition coefficient (Wildman–Crippen LogP) is 3.60. The molecule has 0 spiro atoms. The highest BCUT2D eigenvalue weighted by atomic mass is 35.5. The van der Waals surface area contributed by atoms with Gasteiger partial charge < -0.3 is 9.64 Å². The van der Waals surface area contributed by atoms with Gasteiger partial charge in [-0.1, -0.05) is 22.9 Å². The van der Waals surface area contributed by atoms with Crippen molar-refractivity contribution < 1.29 is 4.74 Å². The second-order valence-corrected chi connectivity index (χ2v) is 6.79. The zero-order valence-electron chi connectivity index (χ0n) is 11.3. The van der Waals surface area contributed by atoms with Gasteiger partial charge in [-0.25, -0.2) is 4.98 Å². The number of anilines is 1.